The van der Waals surface area contributed by atoms with Crippen molar-refractivity contribution in [2.75, 3.05) is 89.1 Å². The average Bonchev–Trinajstić information content (AvgIpc) is 3.47. The van der Waals surface area contributed by atoms with Gasteiger partial charge in [0.1, 0.15) is 0 Å². The number of rotatable bonds is 14. The number of quaternary nitrogens is 1. The molecule has 0 aromatic heterocycles. The topological polar surface area (TPSA) is 58.8 Å². The molecular formula is C46H55BrN8. The van der Waals surface area contributed by atoms with E-state index in [0.29, 0.717) is 0 Å². The molecule has 0 saturated heterocycles. The van der Waals surface area contributed by atoms with E-state index in [1.165, 1.54) is 50.5 Å². The largest absolute Gasteiger partial charge is 1.00 e. The van der Waals surface area contributed by atoms with E-state index in [0.717, 1.165) is 46.7 Å². The number of hydrazone groups is 1. The fourth-order valence-electron chi connectivity index (χ4n) is 6.91. The highest BCUT2D eigenvalue weighted by Gasteiger charge is 2.32. The first kappa shape index (κ1) is 40.9. The Kier molecular flexibility index (Phi) is 13.3. The third-order valence-corrected chi connectivity index (χ3v) is 10.1. The molecule has 6 rings (SSSR count). The minimum Gasteiger partial charge on any atom is -1.00 e. The summed E-state index contributed by atoms with van der Waals surface area (Å²) in [4.78, 5) is 6.67. The number of hydrogen-bond donors (Lipinski definition) is 1. The second-order valence-electron chi connectivity index (χ2n) is 15.4. The zero-order chi connectivity index (χ0) is 38.4. The molecule has 0 radical (unpaired) electrons. The Bertz CT molecular complexity index is 2110. The number of nitrogens with zero attached hydrogens (tertiary/aromatic N) is 7. The van der Waals surface area contributed by atoms with Crippen molar-refractivity contribution in [3.05, 3.63) is 143 Å². The van der Waals surface area contributed by atoms with Gasteiger partial charge in [0.05, 0.1) is 57.5 Å². The highest BCUT2D eigenvalue weighted by Crippen LogP contribution is 2.52. The molecule has 1 aliphatic carbocycles. The molecule has 0 heterocycles. The third kappa shape index (κ3) is 9.90. The molecule has 0 amide bonds. The van der Waals surface area contributed by atoms with Crippen LogP contribution in [0.4, 0.5) is 34.1 Å². The number of likely N-dealkylation sites (N-methyl/N-ethyl adjacent to an activating group) is 2. The first-order chi connectivity index (χ1) is 25.9. The van der Waals surface area contributed by atoms with E-state index >= 15 is 0 Å². The van der Waals surface area contributed by atoms with E-state index in [2.05, 4.69) is 172 Å². The predicted molar refractivity (Wildman–Crippen MR) is 231 cm³/mol. The molecule has 1 atom stereocenters. The predicted octanol–water partition coefficient (Wildman–Crippen LogP) is 7.29. The summed E-state index contributed by atoms with van der Waals surface area (Å²) in [5, 5.41) is 13.7. The molecule has 0 spiro atoms. The van der Waals surface area contributed by atoms with Crippen molar-refractivity contribution in [2.24, 2.45) is 15.3 Å². The van der Waals surface area contributed by atoms with Gasteiger partial charge in [0.25, 0.3) is 0 Å². The van der Waals surface area contributed by atoms with Gasteiger partial charge in [-0.05, 0) is 107 Å². The Balaban J connectivity index is 0.00000580. The maximum Gasteiger partial charge on any atom is 0.0958 e. The van der Waals surface area contributed by atoms with E-state index in [4.69, 9.17) is 5.10 Å². The number of anilines is 4. The van der Waals surface area contributed by atoms with Gasteiger partial charge in [-0.3, -0.25) is 5.43 Å². The van der Waals surface area contributed by atoms with Crippen LogP contribution in [0, 0.1) is 0 Å². The molecule has 1 aliphatic rings. The summed E-state index contributed by atoms with van der Waals surface area (Å²) >= 11 is 0. The summed E-state index contributed by atoms with van der Waals surface area (Å²) in [5.41, 5.74) is 18.0. The monoisotopic (exact) mass is 798 g/mol. The number of allylic oxidation sites excluding steroid dienone is 1. The summed E-state index contributed by atoms with van der Waals surface area (Å²) < 4.78 is 0.942. The van der Waals surface area contributed by atoms with Gasteiger partial charge in [-0.25, -0.2) is 0 Å². The van der Waals surface area contributed by atoms with E-state index in [-0.39, 0.29) is 22.9 Å². The van der Waals surface area contributed by atoms with Crippen molar-refractivity contribution < 1.29 is 21.5 Å². The fraction of sp³-hybridized carbons (Fsp3) is 0.283. The fourth-order valence-corrected chi connectivity index (χ4v) is 6.91. The highest BCUT2D eigenvalue weighted by molar-refractivity contribution is 6.08. The Hall–Kier alpha value is -5.25. The van der Waals surface area contributed by atoms with Gasteiger partial charge in [0.2, 0.25) is 0 Å². The van der Waals surface area contributed by atoms with Crippen molar-refractivity contribution in [2.45, 2.75) is 19.8 Å². The van der Waals surface area contributed by atoms with E-state index in [1.54, 1.807) is 0 Å². The number of hydrogen-bond acceptors (Lipinski definition) is 7. The van der Waals surface area contributed by atoms with Gasteiger partial charge >= 0.3 is 0 Å². The number of nitrogens with one attached hydrogen (secondary N) is 1. The molecule has 0 aliphatic heterocycles. The summed E-state index contributed by atoms with van der Waals surface area (Å²) in [6, 6.07) is 40.6. The van der Waals surface area contributed by atoms with Crippen LogP contribution in [0.25, 0.3) is 11.1 Å². The molecular weight excluding hydrogens is 744 g/mol. The normalized spacial score (nSPS) is 13.9. The van der Waals surface area contributed by atoms with Crippen molar-refractivity contribution in [3.63, 3.8) is 0 Å². The van der Waals surface area contributed by atoms with Gasteiger partial charge in [-0.15, -0.1) is 0 Å². The van der Waals surface area contributed by atoms with Crippen LogP contribution >= 0.6 is 0 Å². The van der Waals surface area contributed by atoms with Gasteiger partial charge in [0.15, 0.2) is 0 Å². The Morgan fingerprint density at radius 2 is 1.20 bits per heavy atom. The molecule has 8 nitrogen and oxygen atoms in total. The van der Waals surface area contributed by atoms with E-state index in [1.807, 2.05) is 42.6 Å². The Labute approximate surface area is 338 Å². The Morgan fingerprint density at radius 3 is 1.73 bits per heavy atom. The number of halogens is 1. The molecule has 55 heavy (non-hydrogen) atoms. The van der Waals surface area contributed by atoms with Gasteiger partial charge in [-0.1, -0.05) is 55.5 Å². The second kappa shape index (κ2) is 17.9. The Morgan fingerprint density at radius 1 is 0.673 bits per heavy atom. The summed E-state index contributed by atoms with van der Waals surface area (Å²) in [6.07, 6.45) is 1.85. The standard InChI is InChI=1S/C46H55N8.BrH/c1-10-53(30-31-54(7,8)9)41-28-22-38(23-29-41)49-48-37-20-14-34(15-21-37)32-47-50-43-13-11-12-42-33(2)44(35-16-24-39(25-17-35)51(3)4)45(46(42)43)36-18-26-40(27-19-36)52(5)6;/h11-29,32-33,50H,10,30-31H2,1-9H3;1H/q+1;/p-1/b47-32+,49-48?;. The van der Waals surface area contributed by atoms with Gasteiger partial charge < -0.3 is 36.2 Å². The van der Waals surface area contributed by atoms with Crippen LogP contribution in [0.2, 0.25) is 0 Å². The van der Waals surface area contributed by atoms with E-state index < -0.39 is 0 Å². The highest BCUT2D eigenvalue weighted by atomic mass is 79.9. The molecule has 0 bridgehead atoms. The van der Waals surface area contributed by atoms with Crippen LogP contribution in [0.15, 0.2) is 131 Å². The molecule has 9 heteroatoms. The molecule has 1 unspecified atom stereocenters. The quantitative estimate of drug-likeness (QED) is 0.0556. The SMILES string of the molecule is CCN(CC[N+](C)(C)C)c1ccc(N=Nc2ccc(/C=N/Nc3cccc4c3C(c3ccc(N(C)C)cc3)=C(c3ccc(N(C)C)cc3)C4C)cc2)cc1.[Br-]. The van der Waals surface area contributed by atoms with Crippen molar-refractivity contribution in [3.8, 4) is 0 Å². The van der Waals surface area contributed by atoms with Crippen LogP contribution in [0.1, 0.15) is 47.6 Å². The first-order valence-corrected chi connectivity index (χ1v) is 18.8. The molecule has 0 fully saturated rings. The average molecular weight is 800 g/mol. The van der Waals surface area contributed by atoms with Crippen molar-refractivity contribution >= 4 is 51.5 Å². The molecule has 0 saturated carbocycles. The smallest absolute Gasteiger partial charge is 0.0958 e. The van der Waals surface area contributed by atoms with Crippen LogP contribution < -0.4 is 37.1 Å². The first-order valence-electron chi connectivity index (χ1n) is 18.8. The minimum atomic E-state index is 0. The number of azo groups is 1. The van der Waals surface area contributed by atoms with Crippen LogP contribution in [-0.2, 0) is 0 Å². The summed E-state index contributed by atoms with van der Waals surface area (Å²) in [7, 11) is 15.0. The number of benzene rings is 5. The van der Waals surface area contributed by atoms with Crippen LogP contribution in [0.5, 0.6) is 0 Å². The van der Waals surface area contributed by atoms with Crippen molar-refractivity contribution in [1.82, 2.24) is 0 Å². The molecule has 5 aromatic carbocycles. The summed E-state index contributed by atoms with van der Waals surface area (Å²) in [5.74, 6) is 0.211. The lowest BCUT2D eigenvalue weighted by molar-refractivity contribution is -0.868. The molecule has 1 N–H and O–H groups in total. The lowest BCUT2D eigenvalue weighted by atomic mass is 9.90. The van der Waals surface area contributed by atoms with Crippen LogP contribution in [-0.4, -0.2) is 79.7 Å². The lowest BCUT2D eigenvalue weighted by Gasteiger charge is -2.29. The second-order valence-corrected chi connectivity index (χ2v) is 15.4. The minimum absolute atomic E-state index is 0. The maximum absolute atomic E-state index is 4.72. The zero-order valence-corrected chi connectivity index (χ0v) is 35.3. The van der Waals surface area contributed by atoms with Crippen LogP contribution in [0.3, 0.4) is 0 Å². The lowest BCUT2D eigenvalue weighted by Crippen LogP contribution is -3.00. The third-order valence-electron chi connectivity index (χ3n) is 10.1. The van der Waals surface area contributed by atoms with Gasteiger partial charge in [-0.2, -0.15) is 15.3 Å². The summed E-state index contributed by atoms with van der Waals surface area (Å²) in [6.45, 7) is 7.57. The number of fused-ring (bicyclic) bond motifs is 1. The van der Waals surface area contributed by atoms with Crippen molar-refractivity contribution in [1.29, 1.82) is 0 Å². The van der Waals surface area contributed by atoms with E-state index in [9.17, 15) is 0 Å². The molecule has 286 valence electrons. The zero-order valence-electron chi connectivity index (χ0n) is 33.8. The maximum atomic E-state index is 4.72. The molecule has 5 aromatic rings. The van der Waals surface area contributed by atoms with Gasteiger partial charge in [0, 0.05) is 63.3 Å².